The van der Waals surface area contributed by atoms with Gasteiger partial charge in [-0.1, -0.05) is 24.3 Å². The zero-order chi connectivity index (χ0) is 15.5. The fourth-order valence-corrected chi connectivity index (χ4v) is 2.91. The van der Waals surface area contributed by atoms with Crippen molar-refractivity contribution < 1.29 is 22.7 Å². The molecule has 0 aromatic heterocycles. The molecule has 0 atom stereocenters. The summed E-state index contributed by atoms with van der Waals surface area (Å²) in [6.45, 7) is 0. The van der Waals surface area contributed by atoms with Gasteiger partial charge in [0.05, 0.1) is 17.0 Å². The Labute approximate surface area is 121 Å². The predicted octanol–water partition coefficient (Wildman–Crippen LogP) is 2.47. The molecule has 21 heavy (non-hydrogen) atoms. The Hall–Kier alpha value is -2.41. The molecule has 0 fully saturated rings. The standard InChI is InChI=1S/C14H12FNO4S/c15-12-3-1-2-4-13(12)16-21(19,20)9-10-5-7-11(8-6-10)14(17)18/h1-8,16H,9H2,(H,17,18). The van der Waals surface area contributed by atoms with Crippen LogP contribution in [0.5, 0.6) is 0 Å². The van der Waals surface area contributed by atoms with Crippen molar-refractivity contribution in [1.29, 1.82) is 0 Å². The van der Waals surface area contributed by atoms with E-state index in [2.05, 4.69) is 4.72 Å². The summed E-state index contributed by atoms with van der Waals surface area (Å²) in [5, 5.41) is 8.76. The van der Waals surface area contributed by atoms with Crippen LogP contribution in [0, 0.1) is 5.82 Å². The molecule has 2 aromatic rings. The zero-order valence-electron chi connectivity index (χ0n) is 10.8. The van der Waals surface area contributed by atoms with E-state index >= 15 is 0 Å². The van der Waals surface area contributed by atoms with Crippen molar-refractivity contribution in [3.05, 3.63) is 65.5 Å². The van der Waals surface area contributed by atoms with Gasteiger partial charge >= 0.3 is 5.97 Å². The third kappa shape index (κ3) is 4.03. The first-order chi connectivity index (χ1) is 9.87. The molecule has 0 aliphatic rings. The molecular formula is C14H12FNO4S. The maximum Gasteiger partial charge on any atom is 0.335 e. The molecule has 110 valence electrons. The van der Waals surface area contributed by atoms with E-state index in [1.54, 1.807) is 0 Å². The third-order valence-corrected chi connectivity index (χ3v) is 3.94. The van der Waals surface area contributed by atoms with Crippen LogP contribution in [0.25, 0.3) is 0 Å². The summed E-state index contributed by atoms with van der Waals surface area (Å²) in [5.74, 6) is -2.13. The number of nitrogens with one attached hydrogen (secondary N) is 1. The average molecular weight is 309 g/mol. The molecule has 0 bridgehead atoms. The summed E-state index contributed by atoms with van der Waals surface area (Å²) in [4.78, 5) is 10.7. The Balaban J connectivity index is 2.14. The minimum atomic E-state index is -3.78. The highest BCUT2D eigenvalue weighted by Crippen LogP contribution is 2.16. The van der Waals surface area contributed by atoms with Gasteiger partial charge in [-0.25, -0.2) is 17.6 Å². The van der Waals surface area contributed by atoms with Gasteiger partial charge in [0, 0.05) is 0 Å². The molecular weight excluding hydrogens is 297 g/mol. The van der Waals surface area contributed by atoms with E-state index in [0.29, 0.717) is 5.56 Å². The molecule has 0 radical (unpaired) electrons. The van der Waals surface area contributed by atoms with Gasteiger partial charge in [0.25, 0.3) is 0 Å². The summed E-state index contributed by atoms with van der Waals surface area (Å²) < 4.78 is 39.5. The number of anilines is 1. The van der Waals surface area contributed by atoms with Crippen LogP contribution in [0.3, 0.4) is 0 Å². The number of carboxylic acids is 1. The van der Waals surface area contributed by atoms with Crippen LogP contribution in [-0.4, -0.2) is 19.5 Å². The number of rotatable bonds is 5. The molecule has 0 aliphatic heterocycles. The number of carbonyl (C=O) groups is 1. The molecule has 5 nitrogen and oxygen atoms in total. The van der Waals surface area contributed by atoms with E-state index in [-0.39, 0.29) is 17.0 Å². The Kier molecular flexibility index (Phi) is 4.23. The van der Waals surface area contributed by atoms with Crippen LogP contribution in [0.2, 0.25) is 0 Å². The van der Waals surface area contributed by atoms with E-state index in [1.165, 1.54) is 42.5 Å². The van der Waals surface area contributed by atoms with Crippen LogP contribution in [0.4, 0.5) is 10.1 Å². The molecule has 0 heterocycles. The Morgan fingerprint density at radius 3 is 2.29 bits per heavy atom. The van der Waals surface area contributed by atoms with E-state index in [1.807, 2.05) is 0 Å². The van der Waals surface area contributed by atoms with Crippen molar-refractivity contribution in [1.82, 2.24) is 0 Å². The van der Waals surface area contributed by atoms with Gasteiger partial charge in [-0.3, -0.25) is 4.72 Å². The van der Waals surface area contributed by atoms with Crippen LogP contribution in [0.15, 0.2) is 48.5 Å². The zero-order valence-corrected chi connectivity index (χ0v) is 11.6. The van der Waals surface area contributed by atoms with Crippen molar-refractivity contribution in [2.24, 2.45) is 0 Å². The van der Waals surface area contributed by atoms with Crippen LogP contribution in [0.1, 0.15) is 15.9 Å². The lowest BCUT2D eigenvalue weighted by molar-refractivity contribution is 0.0697. The fourth-order valence-electron chi connectivity index (χ4n) is 1.71. The van der Waals surface area contributed by atoms with Crippen LogP contribution in [-0.2, 0) is 15.8 Å². The SMILES string of the molecule is O=C(O)c1ccc(CS(=O)(=O)Nc2ccccc2F)cc1. The number of sulfonamides is 1. The van der Waals surface area contributed by atoms with Crippen molar-refractivity contribution in [3.63, 3.8) is 0 Å². The number of hydrogen-bond donors (Lipinski definition) is 2. The van der Waals surface area contributed by atoms with Crippen LogP contribution < -0.4 is 4.72 Å². The van der Waals surface area contributed by atoms with Gasteiger partial charge in [-0.15, -0.1) is 0 Å². The maximum atomic E-state index is 13.4. The monoisotopic (exact) mass is 309 g/mol. The average Bonchev–Trinajstić information content (AvgIpc) is 2.41. The topological polar surface area (TPSA) is 83.5 Å². The van der Waals surface area contributed by atoms with E-state index in [4.69, 9.17) is 5.11 Å². The summed E-state index contributed by atoms with van der Waals surface area (Å²) in [6, 6.07) is 10.9. The lowest BCUT2D eigenvalue weighted by Crippen LogP contribution is -2.16. The summed E-state index contributed by atoms with van der Waals surface area (Å²) >= 11 is 0. The molecule has 2 N–H and O–H groups in total. The lowest BCUT2D eigenvalue weighted by Gasteiger charge is -2.09. The van der Waals surface area contributed by atoms with Gasteiger partial charge in [-0.2, -0.15) is 0 Å². The van der Waals surface area contributed by atoms with Gasteiger partial charge < -0.3 is 5.11 Å². The highest BCUT2D eigenvalue weighted by atomic mass is 32.2. The Morgan fingerprint density at radius 1 is 1.10 bits per heavy atom. The normalized spacial score (nSPS) is 11.1. The van der Waals surface area contributed by atoms with Gasteiger partial charge in [0.2, 0.25) is 10.0 Å². The van der Waals surface area contributed by atoms with Crippen molar-refractivity contribution >= 4 is 21.7 Å². The van der Waals surface area contributed by atoms with E-state index in [9.17, 15) is 17.6 Å². The number of hydrogen-bond acceptors (Lipinski definition) is 3. The number of para-hydroxylation sites is 1. The first-order valence-electron chi connectivity index (χ1n) is 5.95. The second kappa shape index (κ2) is 5.92. The minimum absolute atomic E-state index is 0.0678. The largest absolute Gasteiger partial charge is 0.478 e. The summed E-state index contributed by atoms with van der Waals surface area (Å²) in [7, 11) is -3.78. The Bertz CT molecular complexity index is 757. The van der Waals surface area contributed by atoms with Crippen molar-refractivity contribution in [2.45, 2.75) is 5.75 Å². The van der Waals surface area contributed by atoms with Crippen LogP contribution >= 0.6 is 0 Å². The highest BCUT2D eigenvalue weighted by molar-refractivity contribution is 7.91. The molecule has 0 unspecified atom stereocenters. The second-order valence-corrected chi connectivity index (χ2v) is 6.07. The molecule has 0 aliphatic carbocycles. The molecule has 0 amide bonds. The van der Waals surface area contributed by atoms with Gasteiger partial charge in [0.15, 0.2) is 0 Å². The fraction of sp³-hybridized carbons (Fsp3) is 0.0714. The van der Waals surface area contributed by atoms with Crippen molar-refractivity contribution in [2.75, 3.05) is 4.72 Å². The maximum absolute atomic E-state index is 13.4. The van der Waals surface area contributed by atoms with Gasteiger partial charge in [-0.05, 0) is 29.8 Å². The number of halogens is 1. The molecule has 0 saturated heterocycles. The van der Waals surface area contributed by atoms with E-state index < -0.39 is 21.8 Å². The lowest BCUT2D eigenvalue weighted by atomic mass is 10.1. The minimum Gasteiger partial charge on any atom is -0.478 e. The first kappa shape index (κ1) is 15.0. The molecule has 2 rings (SSSR count). The Morgan fingerprint density at radius 2 is 1.71 bits per heavy atom. The highest BCUT2D eigenvalue weighted by Gasteiger charge is 2.14. The summed E-state index contributed by atoms with van der Waals surface area (Å²) in [6.07, 6.45) is 0. The first-order valence-corrected chi connectivity index (χ1v) is 7.60. The van der Waals surface area contributed by atoms with E-state index in [0.717, 1.165) is 6.07 Å². The van der Waals surface area contributed by atoms with Crippen molar-refractivity contribution in [3.8, 4) is 0 Å². The second-order valence-electron chi connectivity index (χ2n) is 4.34. The number of aromatic carboxylic acids is 1. The number of benzene rings is 2. The smallest absolute Gasteiger partial charge is 0.335 e. The third-order valence-electron chi connectivity index (χ3n) is 2.70. The van der Waals surface area contributed by atoms with Gasteiger partial charge in [0.1, 0.15) is 5.82 Å². The molecule has 2 aromatic carbocycles. The summed E-state index contributed by atoms with van der Waals surface area (Å²) in [5.41, 5.74) is 0.349. The molecule has 0 spiro atoms. The molecule has 7 heteroatoms. The molecule has 0 saturated carbocycles. The quantitative estimate of drug-likeness (QED) is 0.888. The number of carboxylic acid groups (broad SMARTS) is 1. The predicted molar refractivity (Wildman–Crippen MR) is 76.0 cm³/mol.